The lowest BCUT2D eigenvalue weighted by Crippen LogP contribution is -2.55. The van der Waals surface area contributed by atoms with Crippen molar-refractivity contribution in [1.29, 1.82) is 0 Å². The molecule has 3 amide bonds. The molecule has 1 aliphatic heterocycles. The van der Waals surface area contributed by atoms with Gasteiger partial charge in [0.15, 0.2) is 11.5 Å². The van der Waals surface area contributed by atoms with Crippen LogP contribution in [0.3, 0.4) is 0 Å². The minimum Gasteiger partial charge on any atom is -0.493 e. The molecule has 1 fully saturated rings. The van der Waals surface area contributed by atoms with Crippen LogP contribution >= 0.6 is 0 Å². The zero-order valence-electron chi connectivity index (χ0n) is 24.9. The first-order valence-electron chi connectivity index (χ1n) is 14.0. The first-order chi connectivity index (χ1) is 19.3. The van der Waals surface area contributed by atoms with Crippen LogP contribution in [0.2, 0.25) is 0 Å². The molecule has 1 N–H and O–H groups in total. The molecule has 0 atom stereocenters. The van der Waals surface area contributed by atoms with Crippen LogP contribution in [-0.2, 0) is 14.4 Å². The van der Waals surface area contributed by atoms with Crippen molar-refractivity contribution in [3.8, 4) is 28.4 Å². The lowest BCUT2D eigenvalue weighted by molar-refractivity contribution is -0.151. The van der Waals surface area contributed by atoms with Gasteiger partial charge in [-0.1, -0.05) is 62.9 Å². The number of hydrogen-bond donors (Lipinski definition) is 1. The van der Waals surface area contributed by atoms with Gasteiger partial charge in [-0.25, -0.2) is 0 Å². The molecule has 0 unspecified atom stereocenters. The molecule has 1 heterocycles. The van der Waals surface area contributed by atoms with Crippen molar-refractivity contribution < 1.29 is 28.6 Å². The monoisotopic (exact) mass is 555 g/mol. The Labute approximate surface area is 238 Å². The molecule has 2 aromatic carbocycles. The highest BCUT2D eigenvalue weighted by molar-refractivity contribution is 5.95. The maximum atomic E-state index is 11.9. The van der Waals surface area contributed by atoms with E-state index in [1.165, 1.54) is 16.9 Å². The second kappa shape index (κ2) is 17.0. The van der Waals surface area contributed by atoms with Crippen LogP contribution in [0, 0.1) is 6.92 Å². The molecule has 9 nitrogen and oxygen atoms in total. The van der Waals surface area contributed by atoms with Crippen LogP contribution in [0.15, 0.2) is 36.4 Å². The van der Waals surface area contributed by atoms with Crippen LogP contribution in [0.25, 0.3) is 11.1 Å². The Morgan fingerprint density at radius 2 is 1.40 bits per heavy atom. The Hall–Kier alpha value is -3.75. The van der Waals surface area contributed by atoms with Gasteiger partial charge in [0, 0.05) is 13.1 Å². The largest absolute Gasteiger partial charge is 0.493 e. The SMILES string of the molecule is CCCCCCNC(=O)CN1CC(=O)N(CCC)CC1=O.COc1cc(-c2ccc(C)cc2)cc(OC)c1OC. The van der Waals surface area contributed by atoms with Crippen LogP contribution in [0.4, 0.5) is 0 Å². The standard InChI is InChI=1S/C16H18O3.C15H27N3O3/c1-11-5-7-12(8-6-11)13-9-14(17-2)16(19-4)15(10-13)18-3;1-3-5-6-7-8-16-13(19)10-18-12-14(20)17(9-4-2)11-15(18)21/h5-10H,1-4H3;3-12H2,1-2H3,(H,16,19). The predicted molar refractivity (Wildman–Crippen MR) is 157 cm³/mol. The highest BCUT2D eigenvalue weighted by atomic mass is 16.5. The van der Waals surface area contributed by atoms with Crippen molar-refractivity contribution >= 4 is 17.7 Å². The van der Waals surface area contributed by atoms with Gasteiger partial charge in [0.05, 0.1) is 27.9 Å². The van der Waals surface area contributed by atoms with Crippen LogP contribution in [0.5, 0.6) is 17.2 Å². The molecule has 40 heavy (non-hydrogen) atoms. The number of ether oxygens (including phenoxy) is 3. The molecule has 0 aromatic heterocycles. The zero-order chi connectivity index (χ0) is 29.5. The fourth-order valence-electron chi connectivity index (χ4n) is 4.32. The maximum absolute atomic E-state index is 11.9. The van der Waals surface area contributed by atoms with Crippen molar-refractivity contribution in [2.45, 2.75) is 52.9 Å². The summed E-state index contributed by atoms with van der Waals surface area (Å²) in [7, 11) is 4.85. The van der Waals surface area contributed by atoms with E-state index in [1.807, 2.05) is 19.1 Å². The van der Waals surface area contributed by atoms with Crippen molar-refractivity contribution in [2.24, 2.45) is 0 Å². The summed E-state index contributed by atoms with van der Waals surface area (Å²) in [6.45, 7) is 7.50. The third-order valence-electron chi connectivity index (χ3n) is 6.59. The van der Waals surface area contributed by atoms with E-state index in [-0.39, 0.29) is 37.4 Å². The average molecular weight is 556 g/mol. The topological polar surface area (TPSA) is 97.4 Å². The minimum absolute atomic E-state index is 0.0156. The summed E-state index contributed by atoms with van der Waals surface area (Å²) in [6, 6.07) is 12.2. The average Bonchev–Trinajstić information content (AvgIpc) is 2.95. The van der Waals surface area contributed by atoms with Gasteiger partial charge in [0.1, 0.15) is 13.1 Å². The quantitative estimate of drug-likeness (QED) is 0.367. The number of benzene rings is 2. The molecule has 0 radical (unpaired) electrons. The third-order valence-corrected chi connectivity index (χ3v) is 6.59. The first-order valence-corrected chi connectivity index (χ1v) is 14.0. The van der Waals surface area contributed by atoms with Crippen LogP contribution in [-0.4, -0.2) is 81.6 Å². The van der Waals surface area contributed by atoms with E-state index >= 15 is 0 Å². The Kier molecular flexibility index (Phi) is 13.8. The molecule has 2 aromatic rings. The van der Waals surface area contributed by atoms with Gasteiger partial charge < -0.3 is 29.3 Å². The highest BCUT2D eigenvalue weighted by Crippen LogP contribution is 2.41. The highest BCUT2D eigenvalue weighted by Gasteiger charge is 2.30. The number of rotatable bonds is 13. The van der Waals surface area contributed by atoms with Crippen molar-refractivity contribution in [2.75, 3.05) is 54.1 Å². The number of carbonyl (C=O) groups excluding carboxylic acids is 3. The number of methoxy groups -OCH3 is 3. The van der Waals surface area contributed by atoms with Gasteiger partial charge in [-0.2, -0.15) is 0 Å². The van der Waals surface area contributed by atoms with Gasteiger partial charge in [-0.15, -0.1) is 0 Å². The number of nitrogens with one attached hydrogen (secondary N) is 1. The maximum Gasteiger partial charge on any atom is 0.243 e. The number of aryl methyl sites for hydroxylation is 1. The number of nitrogens with zero attached hydrogens (tertiary/aromatic N) is 2. The molecule has 220 valence electrons. The van der Waals surface area contributed by atoms with Gasteiger partial charge in [0.2, 0.25) is 23.5 Å². The Morgan fingerprint density at radius 3 is 1.95 bits per heavy atom. The lowest BCUT2D eigenvalue weighted by Gasteiger charge is -2.33. The summed E-state index contributed by atoms with van der Waals surface area (Å²) < 4.78 is 16.0. The number of piperazine rings is 1. The lowest BCUT2D eigenvalue weighted by atomic mass is 10.0. The Bertz CT molecular complexity index is 1080. The van der Waals surface area contributed by atoms with Crippen LogP contribution in [0.1, 0.15) is 51.5 Å². The second-order valence-corrected chi connectivity index (χ2v) is 9.76. The molecular weight excluding hydrogens is 510 g/mol. The van der Waals surface area contributed by atoms with E-state index < -0.39 is 0 Å². The molecule has 3 rings (SSSR count). The van der Waals surface area contributed by atoms with Gasteiger partial charge in [-0.05, 0) is 43.0 Å². The van der Waals surface area contributed by atoms with Crippen molar-refractivity contribution in [3.63, 3.8) is 0 Å². The summed E-state index contributed by atoms with van der Waals surface area (Å²) in [6.07, 6.45) is 5.22. The Balaban J connectivity index is 0.000000281. The number of hydrogen-bond acceptors (Lipinski definition) is 6. The van der Waals surface area contributed by atoms with Crippen molar-refractivity contribution in [3.05, 3.63) is 42.0 Å². The number of amides is 3. The van der Waals surface area contributed by atoms with Gasteiger partial charge in [0.25, 0.3) is 0 Å². The van der Waals surface area contributed by atoms with E-state index in [1.54, 1.807) is 26.2 Å². The molecule has 9 heteroatoms. The molecule has 0 bridgehead atoms. The van der Waals surface area contributed by atoms with Gasteiger partial charge in [-0.3, -0.25) is 14.4 Å². The molecule has 0 aliphatic carbocycles. The minimum atomic E-state index is -0.184. The second-order valence-electron chi connectivity index (χ2n) is 9.76. The Morgan fingerprint density at radius 1 is 0.800 bits per heavy atom. The fourth-order valence-corrected chi connectivity index (χ4v) is 4.32. The van der Waals surface area contributed by atoms with Gasteiger partial charge >= 0.3 is 0 Å². The summed E-state index contributed by atoms with van der Waals surface area (Å²) in [5.74, 6) is 1.53. The van der Waals surface area contributed by atoms with E-state index in [9.17, 15) is 14.4 Å². The zero-order valence-corrected chi connectivity index (χ0v) is 24.9. The summed E-state index contributed by atoms with van der Waals surface area (Å²) in [5, 5.41) is 2.80. The summed E-state index contributed by atoms with van der Waals surface area (Å²) in [4.78, 5) is 38.5. The van der Waals surface area contributed by atoms with E-state index in [0.29, 0.717) is 30.3 Å². The first kappa shape index (κ1) is 32.5. The fraction of sp³-hybridized carbons (Fsp3) is 0.516. The normalized spacial score (nSPS) is 12.9. The van der Waals surface area contributed by atoms with Crippen LogP contribution < -0.4 is 19.5 Å². The number of unbranched alkanes of at least 4 members (excludes halogenated alkanes) is 3. The predicted octanol–water partition coefficient (Wildman–Crippen LogP) is 4.45. The summed E-state index contributed by atoms with van der Waals surface area (Å²) >= 11 is 0. The van der Waals surface area contributed by atoms with E-state index in [4.69, 9.17) is 14.2 Å². The molecule has 1 saturated heterocycles. The molecule has 1 aliphatic rings. The molecule has 0 saturated carbocycles. The number of carbonyl (C=O) groups is 3. The molecular formula is C31H45N3O6. The van der Waals surface area contributed by atoms with E-state index in [2.05, 4.69) is 43.4 Å². The van der Waals surface area contributed by atoms with Crippen molar-refractivity contribution in [1.82, 2.24) is 15.1 Å². The smallest absolute Gasteiger partial charge is 0.243 e. The molecule has 0 spiro atoms. The van der Waals surface area contributed by atoms with E-state index in [0.717, 1.165) is 36.8 Å². The summed E-state index contributed by atoms with van der Waals surface area (Å²) in [5.41, 5.74) is 3.38. The third kappa shape index (κ3) is 9.77.